The third kappa shape index (κ3) is 4.00. The first-order chi connectivity index (χ1) is 10.5. The molecule has 22 heavy (non-hydrogen) atoms. The number of benzene rings is 2. The zero-order valence-corrected chi connectivity index (χ0v) is 12.9. The van der Waals surface area contributed by atoms with Crippen molar-refractivity contribution in [3.05, 3.63) is 59.7 Å². The molecule has 118 valence electrons. The largest absolute Gasteiger partial charge is 0.507 e. The van der Waals surface area contributed by atoms with Gasteiger partial charge in [-0.1, -0.05) is 44.2 Å². The molecule has 0 aliphatic heterocycles. The molecule has 0 aromatic heterocycles. The number of hydrogen-bond donors (Lipinski definition) is 3. The zero-order valence-electron chi connectivity index (χ0n) is 12.9. The third-order valence-electron chi connectivity index (χ3n) is 3.66. The summed E-state index contributed by atoms with van der Waals surface area (Å²) in [6, 6.07) is 14.2. The van der Waals surface area contributed by atoms with Gasteiger partial charge in [0.25, 0.3) is 0 Å². The van der Waals surface area contributed by atoms with Crippen molar-refractivity contribution in [2.75, 3.05) is 0 Å². The van der Waals surface area contributed by atoms with Crippen molar-refractivity contribution in [2.45, 2.75) is 32.6 Å². The monoisotopic (exact) mass is 301 g/mol. The molecule has 0 radical (unpaired) electrons. The lowest BCUT2D eigenvalue weighted by Crippen LogP contribution is -2.30. The molecule has 0 bridgehead atoms. The number of aliphatic hydroxyl groups is 1. The van der Waals surface area contributed by atoms with Crippen molar-refractivity contribution < 1.29 is 14.9 Å². The van der Waals surface area contributed by atoms with Crippen LogP contribution in [0.2, 0.25) is 0 Å². The van der Waals surface area contributed by atoms with E-state index in [1.807, 2.05) is 44.2 Å². The van der Waals surface area contributed by atoms with Crippen LogP contribution in [-0.2, 0) is 6.61 Å². The van der Waals surface area contributed by atoms with Crippen LogP contribution in [0.25, 0.3) is 0 Å². The van der Waals surface area contributed by atoms with E-state index in [1.54, 1.807) is 12.1 Å². The maximum atomic E-state index is 10.1. The van der Waals surface area contributed by atoms with E-state index in [2.05, 4.69) is 0 Å². The lowest BCUT2D eigenvalue weighted by Gasteiger charge is -2.23. The summed E-state index contributed by atoms with van der Waals surface area (Å²) in [6.07, 6.45) is -0.706. The highest BCUT2D eigenvalue weighted by atomic mass is 16.5. The Hall–Kier alpha value is -2.04. The lowest BCUT2D eigenvalue weighted by atomic mass is 9.94. The summed E-state index contributed by atoms with van der Waals surface area (Å²) in [5.74, 6) is 0.623. The molecule has 0 saturated carbocycles. The summed E-state index contributed by atoms with van der Waals surface area (Å²) in [5, 5.41) is 20.1. The fraction of sp³-hybridized carbons (Fsp3) is 0.333. The minimum atomic E-state index is -0.706. The highest BCUT2D eigenvalue weighted by Gasteiger charge is 2.22. The van der Waals surface area contributed by atoms with Gasteiger partial charge in [-0.3, -0.25) is 0 Å². The van der Waals surface area contributed by atoms with Gasteiger partial charge < -0.3 is 20.7 Å². The number of phenols is 1. The summed E-state index contributed by atoms with van der Waals surface area (Å²) in [6.45, 7) is 4.21. The fourth-order valence-corrected chi connectivity index (χ4v) is 2.23. The molecule has 2 atom stereocenters. The van der Waals surface area contributed by atoms with Crippen LogP contribution in [0.4, 0.5) is 0 Å². The molecule has 0 fully saturated rings. The average molecular weight is 301 g/mol. The van der Waals surface area contributed by atoms with E-state index in [1.165, 1.54) is 6.07 Å². The molecule has 4 N–H and O–H groups in total. The van der Waals surface area contributed by atoms with E-state index >= 15 is 0 Å². The SMILES string of the molecule is CC(C)[C@@H](O)[C@@H](N)c1ccc(OCc2ccccc2)cc1O. The van der Waals surface area contributed by atoms with Crippen LogP contribution in [0.3, 0.4) is 0 Å². The van der Waals surface area contributed by atoms with Gasteiger partial charge in [-0.2, -0.15) is 0 Å². The Labute approximate surface area is 131 Å². The van der Waals surface area contributed by atoms with Crippen molar-refractivity contribution in [3.63, 3.8) is 0 Å². The fourth-order valence-electron chi connectivity index (χ4n) is 2.23. The van der Waals surface area contributed by atoms with Crippen LogP contribution >= 0.6 is 0 Å². The maximum absolute atomic E-state index is 10.1. The first-order valence-electron chi connectivity index (χ1n) is 7.42. The van der Waals surface area contributed by atoms with E-state index < -0.39 is 12.1 Å². The second-order valence-corrected chi connectivity index (χ2v) is 5.76. The van der Waals surface area contributed by atoms with Crippen molar-refractivity contribution in [2.24, 2.45) is 11.7 Å². The normalized spacial score (nSPS) is 13.9. The van der Waals surface area contributed by atoms with Crippen LogP contribution in [0, 0.1) is 5.92 Å². The van der Waals surface area contributed by atoms with Gasteiger partial charge >= 0.3 is 0 Å². The number of aliphatic hydroxyl groups excluding tert-OH is 1. The Morgan fingerprint density at radius 3 is 2.36 bits per heavy atom. The van der Waals surface area contributed by atoms with Gasteiger partial charge in [-0.15, -0.1) is 0 Å². The minimum absolute atomic E-state index is 0.0170. The van der Waals surface area contributed by atoms with Crippen molar-refractivity contribution in [3.8, 4) is 11.5 Å². The number of hydrogen-bond acceptors (Lipinski definition) is 4. The Morgan fingerprint density at radius 2 is 1.77 bits per heavy atom. The molecule has 0 unspecified atom stereocenters. The predicted molar refractivity (Wildman–Crippen MR) is 86.7 cm³/mol. The first-order valence-corrected chi connectivity index (χ1v) is 7.42. The quantitative estimate of drug-likeness (QED) is 0.766. The Bertz CT molecular complexity index is 599. The van der Waals surface area contributed by atoms with E-state index in [0.29, 0.717) is 17.9 Å². The summed E-state index contributed by atoms with van der Waals surface area (Å²) in [7, 11) is 0. The Morgan fingerprint density at radius 1 is 1.09 bits per heavy atom. The maximum Gasteiger partial charge on any atom is 0.124 e. The Kier molecular flexibility index (Phi) is 5.41. The molecule has 2 aromatic carbocycles. The summed E-state index contributed by atoms with van der Waals surface area (Å²) in [4.78, 5) is 0. The van der Waals surface area contributed by atoms with Crippen molar-refractivity contribution in [1.29, 1.82) is 0 Å². The molecule has 0 saturated heterocycles. The van der Waals surface area contributed by atoms with Crippen LogP contribution in [-0.4, -0.2) is 16.3 Å². The summed E-state index contributed by atoms with van der Waals surface area (Å²) >= 11 is 0. The molecule has 0 heterocycles. The first kappa shape index (κ1) is 16.3. The molecular weight excluding hydrogens is 278 g/mol. The summed E-state index contributed by atoms with van der Waals surface area (Å²) in [5.41, 5.74) is 7.58. The zero-order chi connectivity index (χ0) is 16.1. The molecule has 2 rings (SSSR count). The van der Waals surface area contributed by atoms with Gasteiger partial charge in [-0.05, 0) is 23.6 Å². The van der Waals surface area contributed by atoms with E-state index in [4.69, 9.17) is 10.5 Å². The van der Waals surface area contributed by atoms with Crippen LogP contribution in [0.1, 0.15) is 31.0 Å². The molecule has 0 aliphatic rings. The molecule has 0 spiro atoms. The number of rotatable bonds is 6. The van der Waals surface area contributed by atoms with Gasteiger partial charge in [0.2, 0.25) is 0 Å². The second-order valence-electron chi connectivity index (χ2n) is 5.76. The van der Waals surface area contributed by atoms with Gasteiger partial charge in [0, 0.05) is 11.6 Å². The summed E-state index contributed by atoms with van der Waals surface area (Å²) < 4.78 is 5.65. The molecular formula is C18H23NO3. The lowest BCUT2D eigenvalue weighted by molar-refractivity contribution is 0.0969. The van der Waals surface area contributed by atoms with Crippen molar-refractivity contribution >= 4 is 0 Å². The standard InChI is InChI=1S/C18H23NO3/c1-12(2)18(21)17(19)15-9-8-14(10-16(15)20)22-11-13-6-4-3-5-7-13/h3-10,12,17-18,20-21H,11,19H2,1-2H3/t17-,18+/m0/s1. The van der Waals surface area contributed by atoms with E-state index in [9.17, 15) is 10.2 Å². The second kappa shape index (κ2) is 7.29. The van der Waals surface area contributed by atoms with Gasteiger partial charge in [-0.25, -0.2) is 0 Å². The number of aromatic hydroxyl groups is 1. The highest BCUT2D eigenvalue weighted by molar-refractivity contribution is 5.42. The minimum Gasteiger partial charge on any atom is -0.507 e. The van der Waals surface area contributed by atoms with Crippen LogP contribution in [0.5, 0.6) is 11.5 Å². The molecule has 0 aliphatic carbocycles. The third-order valence-corrected chi connectivity index (χ3v) is 3.66. The van der Waals surface area contributed by atoms with Gasteiger partial charge in [0.1, 0.15) is 18.1 Å². The molecule has 4 nitrogen and oxygen atoms in total. The van der Waals surface area contributed by atoms with Gasteiger partial charge in [0.05, 0.1) is 12.1 Å². The van der Waals surface area contributed by atoms with Crippen LogP contribution < -0.4 is 10.5 Å². The number of ether oxygens (including phenoxy) is 1. The topological polar surface area (TPSA) is 75.7 Å². The van der Waals surface area contributed by atoms with Crippen LogP contribution in [0.15, 0.2) is 48.5 Å². The molecule has 2 aromatic rings. The predicted octanol–water partition coefficient (Wildman–Crippen LogP) is 2.99. The van der Waals surface area contributed by atoms with E-state index in [-0.39, 0.29) is 11.7 Å². The van der Waals surface area contributed by atoms with Crippen molar-refractivity contribution in [1.82, 2.24) is 0 Å². The number of nitrogens with two attached hydrogens (primary N) is 1. The number of phenolic OH excluding ortho intramolecular Hbond substituents is 1. The highest BCUT2D eigenvalue weighted by Crippen LogP contribution is 2.31. The molecule has 4 heteroatoms. The average Bonchev–Trinajstić information content (AvgIpc) is 2.52. The van der Waals surface area contributed by atoms with Gasteiger partial charge in [0.15, 0.2) is 0 Å². The van der Waals surface area contributed by atoms with E-state index in [0.717, 1.165) is 5.56 Å². The molecule has 0 amide bonds. The smallest absolute Gasteiger partial charge is 0.124 e. The Balaban J connectivity index is 2.06.